The Morgan fingerprint density at radius 1 is 1.47 bits per heavy atom. The topological polar surface area (TPSA) is 48.0 Å². The van der Waals surface area contributed by atoms with Crippen molar-refractivity contribution in [2.75, 3.05) is 0 Å². The van der Waals surface area contributed by atoms with E-state index < -0.39 is 0 Å². The van der Waals surface area contributed by atoms with Gasteiger partial charge in [0.25, 0.3) is 0 Å². The number of fused-ring (bicyclic) bond motifs is 1. The SMILES string of the molecule is CC(Br)c1cn(Cc2cn3ccsc3n2)nn1. The molecule has 0 aliphatic heterocycles. The van der Waals surface area contributed by atoms with Gasteiger partial charge in [-0.05, 0) is 6.92 Å². The quantitative estimate of drug-likeness (QED) is 0.698. The Kier molecular flexibility index (Phi) is 2.71. The number of alkyl halides is 1. The van der Waals surface area contributed by atoms with E-state index in [0.717, 1.165) is 16.3 Å². The molecule has 88 valence electrons. The van der Waals surface area contributed by atoms with Gasteiger partial charge in [-0.15, -0.1) is 16.4 Å². The van der Waals surface area contributed by atoms with E-state index in [1.165, 1.54) is 0 Å². The Hall–Kier alpha value is -1.21. The van der Waals surface area contributed by atoms with E-state index in [2.05, 4.69) is 31.2 Å². The summed E-state index contributed by atoms with van der Waals surface area (Å²) in [6.07, 6.45) is 5.96. The molecule has 7 heteroatoms. The van der Waals surface area contributed by atoms with Crippen molar-refractivity contribution in [3.8, 4) is 0 Å². The molecular formula is C10H10BrN5S. The van der Waals surface area contributed by atoms with E-state index in [0.29, 0.717) is 6.54 Å². The van der Waals surface area contributed by atoms with Gasteiger partial charge in [-0.1, -0.05) is 21.1 Å². The maximum Gasteiger partial charge on any atom is 0.193 e. The van der Waals surface area contributed by atoms with Crippen LogP contribution in [0.3, 0.4) is 0 Å². The number of rotatable bonds is 3. The first-order valence-electron chi connectivity index (χ1n) is 5.17. The third kappa shape index (κ3) is 2.12. The van der Waals surface area contributed by atoms with Crippen LogP contribution in [0.25, 0.3) is 4.96 Å². The first kappa shape index (κ1) is 10.9. The van der Waals surface area contributed by atoms with Crippen molar-refractivity contribution < 1.29 is 0 Å². The van der Waals surface area contributed by atoms with Gasteiger partial charge in [0.2, 0.25) is 0 Å². The van der Waals surface area contributed by atoms with Crippen LogP contribution in [0.1, 0.15) is 23.1 Å². The second-order valence-electron chi connectivity index (χ2n) is 3.78. The molecule has 0 amide bonds. The Labute approximate surface area is 110 Å². The minimum Gasteiger partial charge on any atom is -0.297 e. The highest BCUT2D eigenvalue weighted by molar-refractivity contribution is 9.09. The molecule has 3 aromatic rings. The van der Waals surface area contributed by atoms with E-state index in [4.69, 9.17) is 0 Å². The van der Waals surface area contributed by atoms with Crippen molar-refractivity contribution in [1.29, 1.82) is 0 Å². The van der Waals surface area contributed by atoms with Crippen molar-refractivity contribution in [3.05, 3.63) is 35.4 Å². The van der Waals surface area contributed by atoms with Crippen LogP contribution in [0.4, 0.5) is 0 Å². The third-order valence-corrected chi connectivity index (χ3v) is 3.67. The molecule has 0 aromatic carbocycles. The highest BCUT2D eigenvalue weighted by atomic mass is 79.9. The maximum absolute atomic E-state index is 4.50. The number of hydrogen-bond acceptors (Lipinski definition) is 4. The molecule has 5 nitrogen and oxygen atoms in total. The predicted octanol–water partition coefficient (Wildman–Crippen LogP) is 2.49. The van der Waals surface area contributed by atoms with Gasteiger partial charge in [0, 0.05) is 17.8 Å². The second kappa shape index (κ2) is 4.23. The molecule has 0 fully saturated rings. The minimum atomic E-state index is 0.224. The zero-order chi connectivity index (χ0) is 11.8. The number of nitrogens with zero attached hydrogens (tertiary/aromatic N) is 5. The lowest BCUT2D eigenvalue weighted by atomic mass is 10.4. The van der Waals surface area contributed by atoms with Gasteiger partial charge in [0.05, 0.1) is 29.0 Å². The summed E-state index contributed by atoms with van der Waals surface area (Å²) in [4.78, 5) is 5.74. The molecule has 0 aliphatic rings. The fourth-order valence-corrected chi connectivity index (χ4v) is 2.52. The van der Waals surface area contributed by atoms with E-state index in [1.807, 2.05) is 35.3 Å². The van der Waals surface area contributed by atoms with Crippen molar-refractivity contribution in [1.82, 2.24) is 24.4 Å². The van der Waals surface area contributed by atoms with Gasteiger partial charge in [-0.3, -0.25) is 4.40 Å². The average molecular weight is 312 g/mol. The van der Waals surface area contributed by atoms with Crippen LogP contribution in [0.2, 0.25) is 0 Å². The molecule has 3 heterocycles. The Morgan fingerprint density at radius 3 is 3.06 bits per heavy atom. The Morgan fingerprint density at radius 2 is 2.35 bits per heavy atom. The summed E-state index contributed by atoms with van der Waals surface area (Å²) >= 11 is 5.10. The molecule has 0 bridgehead atoms. The second-order valence-corrected chi connectivity index (χ2v) is 6.03. The molecule has 1 atom stereocenters. The van der Waals surface area contributed by atoms with Crippen LogP contribution in [0, 0.1) is 0 Å². The summed E-state index contributed by atoms with van der Waals surface area (Å²) in [6.45, 7) is 2.68. The molecule has 0 spiro atoms. The number of halogens is 1. The van der Waals surface area contributed by atoms with Crippen LogP contribution in [-0.4, -0.2) is 24.4 Å². The van der Waals surface area contributed by atoms with Crippen LogP contribution < -0.4 is 0 Å². The number of hydrogen-bond donors (Lipinski definition) is 0. The summed E-state index contributed by atoms with van der Waals surface area (Å²) in [6, 6.07) is 0. The normalized spacial score (nSPS) is 13.3. The van der Waals surface area contributed by atoms with Gasteiger partial charge >= 0.3 is 0 Å². The summed E-state index contributed by atoms with van der Waals surface area (Å²) in [5, 5.41) is 10.2. The molecule has 0 aliphatic carbocycles. The summed E-state index contributed by atoms with van der Waals surface area (Å²) in [7, 11) is 0. The molecular weight excluding hydrogens is 302 g/mol. The molecule has 17 heavy (non-hydrogen) atoms. The Bertz CT molecular complexity index is 609. The monoisotopic (exact) mass is 311 g/mol. The molecule has 0 saturated heterocycles. The van der Waals surface area contributed by atoms with E-state index in [1.54, 1.807) is 16.0 Å². The molecule has 0 saturated carbocycles. The summed E-state index contributed by atoms with van der Waals surface area (Å²) in [5.74, 6) is 0. The zero-order valence-corrected chi connectivity index (χ0v) is 11.5. The molecule has 1 unspecified atom stereocenters. The van der Waals surface area contributed by atoms with Gasteiger partial charge in [0.1, 0.15) is 0 Å². The average Bonchev–Trinajstić information content (AvgIpc) is 2.91. The minimum absolute atomic E-state index is 0.224. The van der Waals surface area contributed by atoms with Gasteiger partial charge in [-0.2, -0.15) is 0 Å². The zero-order valence-electron chi connectivity index (χ0n) is 9.12. The fraction of sp³-hybridized carbons (Fsp3) is 0.300. The van der Waals surface area contributed by atoms with Crippen molar-refractivity contribution in [2.45, 2.75) is 18.3 Å². The smallest absolute Gasteiger partial charge is 0.193 e. The van der Waals surface area contributed by atoms with Crippen molar-refractivity contribution in [2.24, 2.45) is 0 Å². The molecule has 3 aromatic heterocycles. The lowest BCUT2D eigenvalue weighted by Crippen LogP contribution is -2.00. The van der Waals surface area contributed by atoms with Crippen LogP contribution >= 0.6 is 27.3 Å². The van der Waals surface area contributed by atoms with Crippen molar-refractivity contribution >= 4 is 32.2 Å². The standard InChI is InChI=1S/C10H10BrN5S/c1-7(11)9-6-16(14-13-9)5-8-4-15-2-3-17-10(15)12-8/h2-4,6-7H,5H2,1H3. The fourth-order valence-electron chi connectivity index (χ4n) is 1.59. The number of thiazole rings is 1. The predicted molar refractivity (Wildman–Crippen MR) is 69.5 cm³/mol. The van der Waals surface area contributed by atoms with Gasteiger partial charge in [-0.25, -0.2) is 9.67 Å². The maximum atomic E-state index is 4.50. The van der Waals surface area contributed by atoms with E-state index >= 15 is 0 Å². The first-order valence-corrected chi connectivity index (χ1v) is 6.97. The highest BCUT2D eigenvalue weighted by Gasteiger charge is 2.08. The first-order chi connectivity index (χ1) is 8.22. The molecule has 0 N–H and O–H groups in total. The summed E-state index contributed by atoms with van der Waals surface area (Å²) < 4.78 is 3.82. The number of imidazole rings is 1. The lowest BCUT2D eigenvalue weighted by Gasteiger charge is -1.95. The third-order valence-electron chi connectivity index (χ3n) is 2.43. The van der Waals surface area contributed by atoms with E-state index in [-0.39, 0.29) is 4.83 Å². The van der Waals surface area contributed by atoms with Crippen molar-refractivity contribution in [3.63, 3.8) is 0 Å². The van der Waals surface area contributed by atoms with Crippen LogP contribution in [-0.2, 0) is 6.54 Å². The molecule has 0 radical (unpaired) electrons. The Balaban J connectivity index is 1.84. The molecule has 3 rings (SSSR count). The van der Waals surface area contributed by atoms with Gasteiger partial charge in [0.15, 0.2) is 4.96 Å². The largest absolute Gasteiger partial charge is 0.297 e. The lowest BCUT2D eigenvalue weighted by molar-refractivity contribution is 0.640. The van der Waals surface area contributed by atoms with Crippen LogP contribution in [0.5, 0.6) is 0 Å². The van der Waals surface area contributed by atoms with E-state index in [9.17, 15) is 0 Å². The number of aromatic nitrogens is 5. The summed E-state index contributed by atoms with van der Waals surface area (Å²) in [5.41, 5.74) is 1.93. The highest BCUT2D eigenvalue weighted by Crippen LogP contribution is 2.18. The van der Waals surface area contributed by atoms with Gasteiger partial charge < -0.3 is 0 Å². The van der Waals surface area contributed by atoms with Crippen LogP contribution in [0.15, 0.2) is 24.0 Å².